The maximum atomic E-state index is 13.8. The number of aromatic nitrogens is 3. The monoisotopic (exact) mass is 556 g/mol. The highest BCUT2D eigenvalue weighted by atomic mass is 35.5. The van der Waals surface area contributed by atoms with E-state index in [1.807, 2.05) is 0 Å². The van der Waals surface area contributed by atoms with Crippen LogP contribution in [0.15, 0.2) is 70.0 Å². The van der Waals surface area contributed by atoms with E-state index < -0.39 is 35.0 Å². The number of carbonyl (C=O) groups is 2. The smallest absolute Gasteiger partial charge is 0.416 e. The van der Waals surface area contributed by atoms with Gasteiger partial charge in [0, 0.05) is 16.7 Å². The molecule has 0 unspecified atom stereocenters. The molecule has 9 nitrogen and oxygen atoms in total. The van der Waals surface area contributed by atoms with E-state index in [1.54, 1.807) is 36.4 Å². The Morgan fingerprint density at radius 2 is 1.82 bits per heavy atom. The summed E-state index contributed by atoms with van der Waals surface area (Å²) in [6.07, 6.45) is -5.55. The summed E-state index contributed by atoms with van der Waals surface area (Å²) in [6, 6.07) is 14.0. The molecular formula is C26H16ClF3N4O5. The molecule has 0 spiro atoms. The predicted molar refractivity (Wildman–Crippen MR) is 133 cm³/mol. The molecule has 2 amide bonds. The van der Waals surface area contributed by atoms with Gasteiger partial charge in [-0.2, -0.15) is 13.2 Å². The third kappa shape index (κ3) is 3.95. The van der Waals surface area contributed by atoms with Gasteiger partial charge in [-0.05, 0) is 48.9 Å². The van der Waals surface area contributed by atoms with Crippen LogP contribution in [0.5, 0.6) is 0 Å². The Labute approximate surface area is 221 Å². The number of nitrogens with zero attached hydrogens (tertiary/aromatic N) is 3. The van der Waals surface area contributed by atoms with Gasteiger partial charge < -0.3 is 9.26 Å². The number of alkyl carbamates (subject to hydrolysis) is 1. The molecule has 39 heavy (non-hydrogen) atoms. The van der Waals surface area contributed by atoms with E-state index in [4.69, 9.17) is 20.9 Å². The summed E-state index contributed by atoms with van der Waals surface area (Å²) < 4.78 is 53.7. The lowest BCUT2D eigenvalue weighted by atomic mass is 9.94. The van der Waals surface area contributed by atoms with E-state index in [2.05, 4.69) is 10.5 Å². The van der Waals surface area contributed by atoms with Gasteiger partial charge in [0.1, 0.15) is 0 Å². The Kier molecular flexibility index (Phi) is 5.37. The first-order chi connectivity index (χ1) is 18.5. The minimum atomic E-state index is -4.65. The second-order valence-corrected chi connectivity index (χ2v) is 9.57. The molecule has 1 atom stereocenters. The standard InChI is InChI=1S/C26H16ClF3N4O5/c1-25(22(35)31-23(36)38-25)14-4-2-3-13(9-14)12-33-19-10-15(26(28,29)30)5-8-18(19)34(24(33)37)21-17-7-6-16(27)11-20(17)39-32-21/h2-11H,12H2,1H3,(H,31,35,36)/t25-/m1/s1. The van der Waals surface area contributed by atoms with Crippen molar-refractivity contribution in [3.8, 4) is 5.82 Å². The van der Waals surface area contributed by atoms with Gasteiger partial charge in [0.05, 0.1) is 28.5 Å². The van der Waals surface area contributed by atoms with Crippen molar-refractivity contribution in [2.45, 2.75) is 25.2 Å². The second kappa shape index (κ2) is 8.46. The third-order valence-electron chi connectivity index (χ3n) is 6.65. The van der Waals surface area contributed by atoms with Crippen molar-refractivity contribution in [3.63, 3.8) is 0 Å². The molecule has 1 saturated heterocycles. The number of rotatable bonds is 4. The minimum absolute atomic E-state index is 0.00147. The van der Waals surface area contributed by atoms with Crippen LogP contribution in [-0.2, 0) is 27.9 Å². The van der Waals surface area contributed by atoms with Crippen molar-refractivity contribution in [2.24, 2.45) is 0 Å². The Balaban J connectivity index is 1.53. The zero-order chi connectivity index (χ0) is 27.7. The molecule has 13 heteroatoms. The van der Waals surface area contributed by atoms with E-state index in [-0.39, 0.29) is 23.4 Å². The number of benzene rings is 3. The van der Waals surface area contributed by atoms with Crippen LogP contribution in [0.4, 0.5) is 18.0 Å². The van der Waals surface area contributed by atoms with Gasteiger partial charge in [-0.1, -0.05) is 35.0 Å². The average molecular weight is 557 g/mol. The largest absolute Gasteiger partial charge is 0.428 e. The Bertz CT molecular complexity index is 1890. The molecule has 1 aliphatic rings. The lowest BCUT2D eigenvalue weighted by Crippen LogP contribution is -2.33. The Morgan fingerprint density at radius 1 is 1.03 bits per heavy atom. The van der Waals surface area contributed by atoms with Gasteiger partial charge in [-0.25, -0.2) is 14.2 Å². The van der Waals surface area contributed by atoms with E-state index in [1.165, 1.54) is 28.2 Å². The predicted octanol–water partition coefficient (Wildman–Crippen LogP) is 5.14. The fraction of sp³-hybridized carbons (Fsp3) is 0.154. The van der Waals surface area contributed by atoms with Gasteiger partial charge in [-0.15, -0.1) is 0 Å². The maximum Gasteiger partial charge on any atom is 0.416 e. The van der Waals surface area contributed by atoms with Crippen LogP contribution in [0.1, 0.15) is 23.6 Å². The molecule has 5 aromatic rings. The minimum Gasteiger partial charge on any atom is -0.428 e. The van der Waals surface area contributed by atoms with Gasteiger partial charge >= 0.3 is 18.0 Å². The van der Waals surface area contributed by atoms with Crippen molar-refractivity contribution in [1.29, 1.82) is 0 Å². The van der Waals surface area contributed by atoms with Crippen molar-refractivity contribution in [2.75, 3.05) is 0 Å². The number of cyclic esters (lactones) is 1. The summed E-state index contributed by atoms with van der Waals surface area (Å²) in [5, 5.41) is 6.89. The third-order valence-corrected chi connectivity index (χ3v) is 6.88. The quantitative estimate of drug-likeness (QED) is 0.328. The number of nitrogens with one attached hydrogen (secondary N) is 1. The molecular weight excluding hydrogens is 541 g/mol. The molecule has 6 rings (SSSR count). The van der Waals surface area contributed by atoms with Crippen LogP contribution < -0.4 is 11.0 Å². The van der Waals surface area contributed by atoms with E-state index in [0.717, 1.165) is 12.1 Å². The second-order valence-electron chi connectivity index (χ2n) is 9.13. The number of ether oxygens (including phenoxy) is 1. The molecule has 2 aromatic heterocycles. The molecule has 3 heterocycles. The van der Waals surface area contributed by atoms with Crippen LogP contribution in [0.2, 0.25) is 5.02 Å². The number of imide groups is 1. The maximum absolute atomic E-state index is 13.8. The molecule has 1 N–H and O–H groups in total. The number of alkyl halides is 3. The average Bonchev–Trinajstić information content (AvgIpc) is 3.49. The molecule has 1 aliphatic heterocycles. The molecule has 1 fully saturated rings. The summed E-state index contributed by atoms with van der Waals surface area (Å²) in [6.45, 7) is 1.26. The van der Waals surface area contributed by atoms with Crippen LogP contribution >= 0.6 is 11.6 Å². The summed E-state index contributed by atoms with van der Waals surface area (Å²) in [7, 11) is 0. The molecule has 0 bridgehead atoms. The van der Waals surface area contributed by atoms with Crippen LogP contribution in [0, 0.1) is 0 Å². The van der Waals surface area contributed by atoms with Crippen LogP contribution in [0.25, 0.3) is 27.8 Å². The van der Waals surface area contributed by atoms with Crippen LogP contribution in [-0.4, -0.2) is 26.3 Å². The van der Waals surface area contributed by atoms with Crippen molar-refractivity contribution < 1.29 is 32.0 Å². The fourth-order valence-corrected chi connectivity index (χ4v) is 4.82. The van der Waals surface area contributed by atoms with E-state index >= 15 is 0 Å². The molecule has 0 radical (unpaired) electrons. The topological polar surface area (TPSA) is 108 Å². The number of fused-ring (bicyclic) bond motifs is 2. The molecule has 0 saturated carbocycles. The Morgan fingerprint density at radius 3 is 2.54 bits per heavy atom. The zero-order valence-corrected chi connectivity index (χ0v) is 20.6. The van der Waals surface area contributed by atoms with E-state index in [0.29, 0.717) is 27.1 Å². The van der Waals surface area contributed by atoms with E-state index in [9.17, 15) is 27.6 Å². The number of hydrogen-bond donors (Lipinski definition) is 1. The number of amides is 2. The summed E-state index contributed by atoms with van der Waals surface area (Å²) in [4.78, 5) is 37.8. The highest BCUT2D eigenvalue weighted by molar-refractivity contribution is 6.31. The highest BCUT2D eigenvalue weighted by Crippen LogP contribution is 2.34. The van der Waals surface area contributed by atoms with Gasteiger partial charge in [0.15, 0.2) is 11.4 Å². The first-order valence-electron chi connectivity index (χ1n) is 11.5. The van der Waals surface area contributed by atoms with Gasteiger partial charge in [-0.3, -0.25) is 14.7 Å². The summed E-state index contributed by atoms with van der Waals surface area (Å²) in [5.41, 5.74) is -1.94. The highest BCUT2D eigenvalue weighted by Gasteiger charge is 2.46. The normalized spacial score (nSPS) is 17.7. The first kappa shape index (κ1) is 24.7. The Hall–Kier alpha value is -4.58. The molecule has 198 valence electrons. The number of hydrogen-bond acceptors (Lipinski definition) is 6. The lowest BCUT2D eigenvalue weighted by molar-refractivity contribution is -0.137. The molecule has 3 aromatic carbocycles. The number of carbonyl (C=O) groups excluding carboxylic acids is 2. The molecule has 0 aliphatic carbocycles. The van der Waals surface area contributed by atoms with Gasteiger partial charge in [0.2, 0.25) is 5.60 Å². The summed E-state index contributed by atoms with van der Waals surface area (Å²) in [5.74, 6) is -0.572. The van der Waals surface area contributed by atoms with Crippen molar-refractivity contribution >= 4 is 45.6 Å². The lowest BCUT2D eigenvalue weighted by Gasteiger charge is -2.20. The zero-order valence-electron chi connectivity index (χ0n) is 19.9. The fourth-order valence-electron chi connectivity index (χ4n) is 4.66. The van der Waals surface area contributed by atoms with Crippen LogP contribution in [0.3, 0.4) is 0 Å². The first-order valence-corrected chi connectivity index (χ1v) is 11.9. The number of halogens is 4. The summed E-state index contributed by atoms with van der Waals surface area (Å²) >= 11 is 6.02. The van der Waals surface area contributed by atoms with Crippen molar-refractivity contribution in [1.82, 2.24) is 19.6 Å². The van der Waals surface area contributed by atoms with Crippen molar-refractivity contribution in [3.05, 3.63) is 92.9 Å². The van der Waals surface area contributed by atoms with Gasteiger partial charge in [0.25, 0.3) is 5.91 Å². The SMILES string of the molecule is C[C@]1(c2cccc(Cn3c(=O)n(-c4noc5cc(Cl)ccc45)c4ccc(C(F)(F)F)cc43)c2)OC(=O)NC1=O. The number of imidazole rings is 1.